The second-order valence-electron chi connectivity index (χ2n) is 6.71. The number of aliphatic carboxylic acids is 1. The van der Waals surface area contributed by atoms with Gasteiger partial charge in [-0.05, 0) is 56.2 Å². The van der Waals surface area contributed by atoms with Crippen molar-refractivity contribution in [1.82, 2.24) is 5.32 Å². The van der Waals surface area contributed by atoms with E-state index in [0.717, 1.165) is 43.8 Å². The van der Waals surface area contributed by atoms with E-state index in [-0.39, 0.29) is 12.5 Å². The molecule has 26 heavy (non-hydrogen) atoms. The summed E-state index contributed by atoms with van der Waals surface area (Å²) in [6, 6.07) is 7.41. The topological polar surface area (TPSA) is 84.9 Å². The van der Waals surface area contributed by atoms with E-state index in [0.29, 0.717) is 25.4 Å². The molecule has 6 nitrogen and oxygen atoms in total. The molecule has 1 saturated heterocycles. The highest BCUT2D eigenvalue weighted by Crippen LogP contribution is 2.20. The second-order valence-corrected chi connectivity index (χ2v) is 6.71. The maximum atomic E-state index is 12.0. The van der Waals surface area contributed by atoms with E-state index < -0.39 is 11.9 Å². The Morgan fingerprint density at radius 3 is 2.58 bits per heavy atom. The summed E-state index contributed by atoms with van der Waals surface area (Å²) in [4.78, 5) is 23.5. The van der Waals surface area contributed by atoms with Crippen LogP contribution in [0.5, 0.6) is 5.75 Å². The predicted octanol–water partition coefficient (Wildman–Crippen LogP) is 2.65. The van der Waals surface area contributed by atoms with Gasteiger partial charge in [0.05, 0.1) is 12.5 Å². The summed E-state index contributed by atoms with van der Waals surface area (Å²) in [7, 11) is 0. The van der Waals surface area contributed by atoms with Crippen LogP contribution in [0.15, 0.2) is 24.3 Å². The normalized spacial score (nSPS) is 16.0. The van der Waals surface area contributed by atoms with Crippen molar-refractivity contribution in [3.63, 3.8) is 0 Å². The van der Waals surface area contributed by atoms with Crippen molar-refractivity contribution in [3.05, 3.63) is 29.8 Å². The average molecular weight is 363 g/mol. The summed E-state index contributed by atoms with van der Waals surface area (Å²) >= 11 is 0. The summed E-state index contributed by atoms with van der Waals surface area (Å²) in [6.45, 7) is 4.20. The molecule has 1 aliphatic heterocycles. The van der Waals surface area contributed by atoms with E-state index in [4.69, 9.17) is 9.47 Å². The van der Waals surface area contributed by atoms with Crippen LogP contribution < -0.4 is 10.1 Å². The number of hydrogen-bond acceptors (Lipinski definition) is 4. The molecular formula is C20H29NO5. The highest BCUT2D eigenvalue weighted by molar-refractivity contribution is 5.77. The van der Waals surface area contributed by atoms with Crippen LogP contribution in [0.1, 0.15) is 38.2 Å². The summed E-state index contributed by atoms with van der Waals surface area (Å²) < 4.78 is 10.7. The molecule has 1 aliphatic rings. The molecule has 1 atom stereocenters. The third-order valence-electron chi connectivity index (χ3n) is 4.73. The molecule has 0 aliphatic carbocycles. The molecule has 0 bridgehead atoms. The Labute approximate surface area is 154 Å². The van der Waals surface area contributed by atoms with Gasteiger partial charge in [-0.15, -0.1) is 0 Å². The van der Waals surface area contributed by atoms with Crippen molar-refractivity contribution in [2.75, 3.05) is 26.4 Å². The van der Waals surface area contributed by atoms with Crippen molar-refractivity contribution in [3.8, 4) is 5.75 Å². The molecule has 144 valence electrons. The molecule has 1 unspecified atom stereocenters. The number of nitrogens with one attached hydrogen (secondary N) is 1. The molecule has 0 spiro atoms. The third-order valence-corrected chi connectivity index (χ3v) is 4.73. The summed E-state index contributed by atoms with van der Waals surface area (Å²) in [5.41, 5.74) is 0.914. The number of benzene rings is 1. The first-order valence-electron chi connectivity index (χ1n) is 9.37. The van der Waals surface area contributed by atoms with Crippen molar-refractivity contribution >= 4 is 11.9 Å². The van der Waals surface area contributed by atoms with Crippen LogP contribution in [-0.4, -0.2) is 43.3 Å². The van der Waals surface area contributed by atoms with Crippen molar-refractivity contribution in [1.29, 1.82) is 0 Å². The van der Waals surface area contributed by atoms with Crippen molar-refractivity contribution < 1.29 is 24.2 Å². The minimum absolute atomic E-state index is 0.0746. The standard InChI is InChI=1S/C20H29NO5/c1-2-26-18-6-3-16(4-7-18)13-17(20(23)24)14-21-19(22)8-5-15-9-11-25-12-10-15/h3-4,6-7,15,17H,2,5,8-14H2,1H3,(H,21,22)(H,23,24). The predicted molar refractivity (Wildman–Crippen MR) is 98.2 cm³/mol. The Hall–Kier alpha value is -2.08. The molecule has 1 aromatic carbocycles. The molecule has 0 aromatic heterocycles. The van der Waals surface area contributed by atoms with Gasteiger partial charge in [0.25, 0.3) is 0 Å². The van der Waals surface area contributed by atoms with Crippen molar-refractivity contribution in [2.45, 2.75) is 39.0 Å². The lowest BCUT2D eigenvalue weighted by molar-refractivity contribution is -0.141. The van der Waals surface area contributed by atoms with Crippen LogP contribution in [0.25, 0.3) is 0 Å². The summed E-state index contributed by atoms with van der Waals surface area (Å²) in [6.07, 6.45) is 3.67. The molecule has 1 amide bonds. The fraction of sp³-hybridized carbons (Fsp3) is 0.600. The zero-order chi connectivity index (χ0) is 18.8. The lowest BCUT2D eigenvalue weighted by atomic mass is 9.94. The van der Waals surface area contributed by atoms with Gasteiger partial charge in [-0.1, -0.05) is 12.1 Å². The number of amides is 1. The lowest BCUT2D eigenvalue weighted by Crippen LogP contribution is -2.34. The Kier molecular flexibility index (Phi) is 8.41. The number of rotatable bonds is 10. The number of carboxylic acids is 1. The average Bonchev–Trinajstić information content (AvgIpc) is 2.65. The molecule has 0 radical (unpaired) electrons. The smallest absolute Gasteiger partial charge is 0.308 e. The van der Waals surface area contributed by atoms with Crippen LogP contribution in [0.3, 0.4) is 0 Å². The van der Waals surface area contributed by atoms with Gasteiger partial charge in [0.2, 0.25) is 5.91 Å². The van der Waals surface area contributed by atoms with E-state index in [9.17, 15) is 14.7 Å². The Bertz CT molecular complexity index is 566. The van der Waals surface area contributed by atoms with Gasteiger partial charge in [0, 0.05) is 26.2 Å². The van der Waals surface area contributed by atoms with E-state index in [1.54, 1.807) is 0 Å². The first-order chi connectivity index (χ1) is 12.6. The zero-order valence-electron chi connectivity index (χ0n) is 15.4. The van der Waals surface area contributed by atoms with Crippen molar-refractivity contribution in [2.24, 2.45) is 11.8 Å². The summed E-state index contributed by atoms with van der Waals surface area (Å²) in [5, 5.41) is 12.2. The van der Waals surface area contributed by atoms with Gasteiger partial charge >= 0.3 is 5.97 Å². The molecule has 6 heteroatoms. The minimum Gasteiger partial charge on any atom is -0.494 e. The van der Waals surface area contributed by atoms with Gasteiger partial charge in [0.15, 0.2) is 0 Å². The van der Waals surface area contributed by atoms with Gasteiger partial charge in [-0.25, -0.2) is 0 Å². The van der Waals surface area contributed by atoms with Crippen LogP contribution in [0.2, 0.25) is 0 Å². The number of carbonyl (C=O) groups excluding carboxylic acids is 1. The summed E-state index contributed by atoms with van der Waals surface area (Å²) in [5.74, 6) is -0.309. The monoisotopic (exact) mass is 363 g/mol. The minimum atomic E-state index is -0.899. The number of carboxylic acid groups (broad SMARTS) is 1. The zero-order valence-corrected chi connectivity index (χ0v) is 15.4. The number of ether oxygens (including phenoxy) is 2. The van der Waals surface area contributed by atoms with Gasteiger partial charge in [-0.3, -0.25) is 9.59 Å². The Balaban J connectivity index is 1.76. The molecule has 1 heterocycles. The van der Waals surface area contributed by atoms with Crippen LogP contribution in [-0.2, 0) is 20.7 Å². The maximum absolute atomic E-state index is 12.0. The van der Waals surface area contributed by atoms with Crippen LogP contribution in [0, 0.1) is 11.8 Å². The van der Waals surface area contributed by atoms with Gasteiger partial charge in [0.1, 0.15) is 5.75 Å². The number of carbonyl (C=O) groups is 2. The lowest BCUT2D eigenvalue weighted by Gasteiger charge is -2.21. The van der Waals surface area contributed by atoms with E-state index in [1.165, 1.54) is 0 Å². The Morgan fingerprint density at radius 1 is 1.27 bits per heavy atom. The highest BCUT2D eigenvalue weighted by Gasteiger charge is 2.20. The fourth-order valence-electron chi connectivity index (χ4n) is 3.12. The first kappa shape index (κ1) is 20.2. The third kappa shape index (κ3) is 7.04. The van der Waals surface area contributed by atoms with E-state index >= 15 is 0 Å². The Morgan fingerprint density at radius 2 is 1.96 bits per heavy atom. The van der Waals surface area contributed by atoms with Crippen LogP contribution >= 0.6 is 0 Å². The highest BCUT2D eigenvalue weighted by atomic mass is 16.5. The maximum Gasteiger partial charge on any atom is 0.308 e. The second kappa shape index (κ2) is 10.8. The van der Waals surface area contributed by atoms with Gasteiger partial charge in [-0.2, -0.15) is 0 Å². The first-order valence-corrected chi connectivity index (χ1v) is 9.37. The number of hydrogen-bond donors (Lipinski definition) is 2. The molecule has 2 N–H and O–H groups in total. The quantitative estimate of drug-likeness (QED) is 0.668. The fourth-order valence-corrected chi connectivity index (χ4v) is 3.12. The molecule has 2 rings (SSSR count). The molecular weight excluding hydrogens is 334 g/mol. The molecule has 1 aromatic rings. The molecule has 1 fully saturated rings. The van der Waals surface area contributed by atoms with Crippen LogP contribution in [0.4, 0.5) is 0 Å². The van der Waals surface area contributed by atoms with E-state index in [2.05, 4.69) is 5.32 Å². The van der Waals surface area contributed by atoms with E-state index in [1.807, 2.05) is 31.2 Å². The molecule has 0 saturated carbocycles. The largest absolute Gasteiger partial charge is 0.494 e. The SMILES string of the molecule is CCOc1ccc(CC(CNC(=O)CCC2CCOCC2)C(=O)O)cc1. The van der Waals surface area contributed by atoms with Gasteiger partial charge < -0.3 is 19.9 Å².